The van der Waals surface area contributed by atoms with E-state index in [4.69, 9.17) is 4.74 Å². The van der Waals surface area contributed by atoms with Gasteiger partial charge in [0.25, 0.3) is 0 Å². The lowest BCUT2D eigenvalue weighted by Gasteiger charge is -2.35. The van der Waals surface area contributed by atoms with Crippen molar-refractivity contribution in [1.82, 2.24) is 0 Å². The number of rotatable bonds is 2. The van der Waals surface area contributed by atoms with Gasteiger partial charge in [-0.2, -0.15) is 0 Å². The zero-order valence-electron chi connectivity index (χ0n) is 15.5. The van der Waals surface area contributed by atoms with Crippen LogP contribution in [-0.2, 0) is 24.2 Å². The highest BCUT2D eigenvalue weighted by atomic mass is 32.2. The Bertz CT molecular complexity index is 825. The summed E-state index contributed by atoms with van der Waals surface area (Å²) in [5.41, 5.74) is 0.596. The van der Waals surface area contributed by atoms with Crippen molar-refractivity contribution in [3.05, 3.63) is 42.0 Å². The second-order valence-corrected chi connectivity index (χ2v) is 9.71. The van der Waals surface area contributed by atoms with Gasteiger partial charge in [0.2, 0.25) is 0 Å². The number of cyclic esters (lactones) is 1. The molecule has 1 aliphatic heterocycles. The highest BCUT2D eigenvalue weighted by molar-refractivity contribution is 7.93. The third-order valence-corrected chi connectivity index (χ3v) is 7.90. The van der Waals surface area contributed by atoms with Crippen LogP contribution in [0.5, 0.6) is 0 Å². The molecule has 0 N–H and O–H groups in total. The van der Waals surface area contributed by atoms with Gasteiger partial charge in [0.05, 0.1) is 4.90 Å². The second kappa shape index (κ2) is 8.38. The average molecular weight is 391 g/mol. The van der Waals surface area contributed by atoms with Gasteiger partial charge in [0, 0.05) is 12.8 Å². The quantitative estimate of drug-likeness (QED) is 0.718. The van der Waals surface area contributed by atoms with Crippen molar-refractivity contribution < 1.29 is 22.7 Å². The highest BCUT2D eigenvalue weighted by Crippen LogP contribution is 2.40. The maximum atomic E-state index is 13.5. The van der Waals surface area contributed by atoms with Crippen LogP contribution in [0.15, 0.2) is 46.9 Å². The zero-order valence-corrected chi connectivity index (χ0v) is 16.3. The van der Waals surface area contributed by atoms with Gasteiger partial charge >= 0.3 is 5.97 Å². The van der Waals surface area contributed by atoms with Gasteiger partial charge in [0.1, 0.15) is 6.61 Å². The van der Waals surface area contributed by atoms with E-state index in [1.54, 1.807) is 18.2 Å². The first-order chi connectivity index (χ1) is 13.0. The number of carbonyl (C=O) groups excluding carboxylic acids is 2. The normalized spacial score (nSPS) is 27.3. The second-order valence-electron chi connectivity index (χ2n) is 7.45. The van der Waals surface area contributed by atoms with Gasteiger partial charge in [-0.25, -0.2) is 8.42 Å². The predicted molar refractivity (Wildman–Crippen MR) is 102 cm³/mol. The van der Waals surface area contributed by atoms with Gasteiger partial charge in [-0.1, -0.05) is 50.3 Å². The number of hydrogen-bond donors (Lipinski definition) is 0. The van der Waals surface area contributed by atoms with Crippen molar-refractivity contribution >= 4 is 21.6 Å². The molecule has 0 amide bonds. The van der Waals surface area contributed by atoms with E-state index in [1.807, 2.05) is 0 Å². The minimum Gasteiger partial charge on any atom is -0.460 e. The molecule has 1 aliphatic carbocycles. The Morgan fingerprint density at radius 1 is 0.889 bits per heavy atom. The summed E-state index contributed by atoms with van der Waals surface area (Å²) in [6, 6.07) is 8.07. The van der Waals surface area contributed by atoms with Gasteiger partial charge < -0.3 is 4.74 Å². The smallest absolute Gasteiger partial charge is 0.328 e. The topological polar surface area (TPSA) is 77.5 Å². The van der Waals surface area contributed by atoms with E-state index in [0.29, 0.717) is 18.4 Å². The average Bonchev–Trinajstić information content (AvgIpc) is 2.67. The maximum absolute atomic E-state index is 13.5. The van der Waals surface area contributed by atoms with Crippen LogP contribution in [0.1, 0.15) is 57.8 Å². The molecule has 27 heavy (non-hydrogen) atoms. The first-order valence-corrected chi connectivity index (χ1v) is 11.1. The van der Waals surface area contributed by atoms with Crippen LogP contribution < -0.4 is 0 Å². The van der Waals surface area contributed by atoms with E-state index < -0.39 is 20.6 Å². The van der Waals surface area contributed by atoms with Crippen LogP contribution in [-0.4, -0.2) is 31.5 Å². The molecule has 146 valence electrons. The summed E-state index contributed by atoms with van der Waals surface area (Å²) >= 11 is 0. The van der Waals surface area contributed by atoms with Crippen LogP contribution in [0.3, 0.4) is 0 Å². The fourth-order valence-electron chi connectivity index (χ4n) is 3.94. The van der Waals surface area contributed by atoms with Crippen molar-refractivity contribution in [2.75, 3.05) is 6.61 Å². The first-order valence-electron chi connectivity index (χ1n) is 9.65. The number of benzene rings is 1. The predicted octanol–water partition coefficient (Wildman–Crippen LogP) is 3.78. The molecule has 1 saturated heterocycles. The number of ketones is 1. The van der Waals surface area contributed by atoms with Crippen LogP contribution in [0.4, 0.5) is 0 Å². The number of sulfone groups is 1. The Balaban J connectivity index is 2.04. The number of allylic oxidation sites excluding steroid dienone is 1. The summed E-state index contributed by atoms with van der Waals surface area (Å²) in [6.45, 7) is -0.00334. The molecule has 0 saturated carbocycles. The number of fused-ring (bicyclic) bond motifs is 2. The largest absolute Gasteiger partial charge is 0.460 e. The molecule has 6 heteroatoms. The molecule has 1 fully saturated rings. The van der Waals surface area contributed by atoms with Crippen LogP contribution in [0.25, 0.3) is 0 Å². The van der Waals surface area contributed by atoms with Gasteiger partial charge in [-0.3, -0.25) is 9.59 Å². The summed E-state index contributed by atoms with van der Waals surface area (Å²) in [6.07, 6.45) is 7.55. The Hall–Kier alpha value is -1.95. The van der Waals surface area contributed by atoms with Crippen LogP contribution in [0.2, 0.25) is 0 Å². The summed E-state index contributed by atoms with van der Waals surface area (Å²) < 4.78 is 30.6. The number of hydrogen-bond acceptors (Lipinski definition) is 5. The van der Waals surface area contributed by atoms with Crippen molar-refractivity contribution in [1.29, 1.82) is 0 Å². The lowest BCUT2D eigenvalue weighted by Crippen LogP contribution is -2.51. The van der Waals surface area contributed by atoms with E-state index in [-0.39, 0.29) is 30.1 Å². The fourth-order valence-corrected chi connectivity index (χ4v) is 5.98. The number of esters is 1. The third kappa shape index (κ3) is 4.15. The summed E-state index contributed by atoms with van der Waals surface area (Å²) in [5.74, 6) is -0.709. The van der Waals surface area contributed by atoms with E-state index in [9.17, 15) is 18.0 Å². The minimum absolute atomic E-state index is 0.00334. The molecule has 0 radical (unpaired) electrons. The van der Waals surface area contributed by atoms with Crippen molar-refractivity contribution in [3.8, 4) is 0 Å². The molecule has 2 bridgehead atoms. The lowest BCUT2D eigenvalue weighted by atomic mass is 9.90. The molecular weight excluding hydrogens is 364 g/mol. The Labute approximate surface area is 160 Å². The van der Waals surface area contributed by atoms with E-state index in [0.717, 1.165) is 32.1 Å². The van der Waals surface area contributed by atoms with E-state index >= 15 is 0 Å². The minimum atomic E-state index is -3.95. The zero-order chi connectivity index (χ0) is 19.3. The standard InChI is InChI=1S/C21H26O5S/c22-18-10-6-3-1-2-4-9-13-21(15-17(14-18)16-26-20(21)23)27(24,25)19-11-7-5-8-12-19/h5,7-8,11-12,14H,1-4,6,9-10,13,15-16H2/b17-14+. The van der Waals surface area contributed by atoms with Crippen molar-refractivity contribution in [2.24, 2.45) is 0 Å². The van der Waals surface area contributed by atoms with Crippen molar-refractivity contribution in [2.45, 2.75) is 67.4 Å². The molecule has 0 spiro atoms. The monoisotopic (exact) mass is 390 g/mol. The van der Waals surface area contributed by atoms with E-state index in [2.05, 4.69) is 0 Å². The molecule has 1 atom stereocenters. The van der Waals surface area contributed by atoms with Crippen LogP contribution >= 0.6 is 0 Å². The maximum Gasteiger partial charge on any atom is 0.328 e. The highest BCUT2D eigenvalue weighted by Gasteiger charge is 2.54. The fraction of sp³-hybridized carbons (Fsp3) is 0.524. The SMILES string of the molecule is O=C1/C=C2/COC(=O)C(S(=O)(=O)c3ccccc3)(CCCCCCCC1)C2. The van der Waals surface area contributed by atoms with Gasteiger partial charge in [0.15, 0.2) is 20.4 Å². The molecule has 1 unspecified atom stereocenters. The van der Waals surface area contributed by atoms with Crippen molar-refractivity contribution in [3.63, 3.8) is 0 Å². The summed E-state index contributed by atoms with van der Waals surface area (Å²) in [4.78, 5) is 25.1. The Morgan fingerprint density at radius 3 is 2.30 bits per heavy atom. The molecular formula is C21H26O5S. The molecule has 3 rings (SSSR count). The Kier molecular flexibility index (Phi) is 6.15. The Morgan fingerprint density at radius 2 is 1.56 bits per heavy atom. The molecule has 2 aliphatic rings. The van der Waals surface area contributed by atoms with Gasteiger partial charge in [-0.05, 0) is 36.6 Å². The van der Waals surface area contributed by atoms with Crippen LogP contribution in [0, 0.1) is 0 Å². The molecule has 1 heterocycles. The lowest BCUT2D eigenvalue weighted by molar-refractivity contribution is -0.148. The molecule has 5 nitrogen and oxygen atoms in total. The number of carbonyl (C=O) groups is 2. The summed E-state index contributed by atoms with van der Waals surface area (Å²) in [7, 11) is -3.95. The summed E-state index contributed by atoms with van der Waals surface area (Å²) in [5, 5.41) is 0. The first kappa shape index (κ1) is 19.8. The molecule has 1 aromatic rings. The third-order valence-electron chi connectivity index (χ3n) is 5.46. The molecule has 1 aromatic carbocycles. The number of ether oxygens (including phenoxy) is 1. The van der Waals surface area contributed by atoms with Gasteiger partial charge in [-0.15, -0.1) is 0 Å². The molecule has 0 aromatic heterocycles. The van der Waals surface area contributed by atoms with E-state index in [1.165, 1.54) is 18.2 Å².